The fourth-order valence-electron chi connectivity index (χ4n) is 1.73. The highest BCUT2D eigenvalue weighted by Crippen LogP contribution is 2.20. The van der Waals surface area contributed by atoms with Crippen molar-refractivity contribution in [3.8, 4) is 0 Å². The number of rotatable bonds is 2. The second-order valence-corrected chi connectivity index (χ2v) is 5.53. The highest BCUT2D eigenvalue weighted by Gasteiger charge is 2.33. The van der Waals surface area contributed by atoms with Gasteiger partial charge in [0.25, 0.3) is 0 Å². The van der Waals surface area contributed by atoms with E-state index in [4.69, 9.17) is 10.5 Å². The van der Waals surface area contributed by atoms with Crippen LogP contribution in [0.25, 0.3) is 0 Å². The van der Waals surface area contributed by atoms with Crippen LogP contribution in [0.5, 0.6) is 0 Å². The third-order valence-electron chi connectivity index (χ3n) is 3.10. The van der Waals surface area contributed by atoms with Gasteiger partial charge in [0.15, 0.2) is 0 Å². The Bertz CT molecular complexity index is 253. The summed E-state index contributed by atoms with van der Waals surface area (Å²) in [6.45, 7) is 10.0. The van der Waals surface area contributed by atoms with Crippen LogP contribution in [0.4, 0.5) is 0 Å². The first-order valence-electron chi connectivity index (χ1n) is 6.02. The number of amides is 1. The molecule has 1 aliphatic heterocycles. The summed E-state index contributed by atoms with van der Waals surface area (Å²) in [5.74, 6) is 0.0502. The molecular weight excluding hydrogens is 240 g/mol. The van der Waals surface area contributed by atoms with E-state index in [0.717, 1.165) is 6.42 Å². The van der Waals surface area contributed by atoms with E-state index in [1.807, 2.05) is 25.7 Å². The van der Waals surface area contributed by atoms with Crippen LogP contribution in [0.15, 0.2) is 0 Å². The predicted octanol–water partition coefficient (Wildman–Crippen LogP) is 1.42. The maximum absolute atomic E-state index is 12.2. The molecule has 0 aromatic carbocycles. The van der Waals surface area contributed by atoms with Gasteiger partial charge in [0.05, 0.1) is 18.8 Å². The molecule has 0 aromatic heterocycles. The summed E-state index contributed by atoms with van der Waals surface area (Å²) < 4.78 is 5.54. The van der Waals surface area contributed by atoms with Gasteiger partial charge < -0.3 is 15.4 Å². The molecule has 1 aliphatic rings. The Hall–Kier alpha value is -0.320. The van der Waals surface area contributed by atoms with Crippen molar-refractivity contribution < 1.29 is 9.53 Å². The van der Waals surface area contributed by atoms with Crippen LogP contribution in [0.2, 0.25) is 0 Å². The summed E-state index contributed by atoms with van der Waals surface area (Å²) in [6, 6.07) is -0.428. The highest BCUT2D eigenvalue weighted by atomic mass is 35.5. The minimum absolute atomic E-state index is 0. The molecule has 0 saturated carbocycles. The molecule has 0 bridgehead atoms. The average molecular weight is 265 g/mol. The molecular formula is C12H25ClN2O2. The van der Waals surface area contributed by atoms with Crippen molar-refractivity contribution in [2.24, 2.45) is 11.1 Å². The highest BCUT2D eigenvalue weighted by molar-refractivity contribution is 5.85. The smallest absolute Gasteiger partial charge is 0.240 e. The molecule has 2 atom stereocenters. The molecule has 4 nitrogen and oxygen atoms in total. The van der Waals surface area contributed by atoms with E-state index in [0.29, 0.717) is 19.7 Å². The first kappa shape index (κ1) is 16.7. The lowest BCUT2D eigenvalue weighted by atomic mass is 9.86. The van der Waals surface area contributed by atoms with Gasteiger partial charge in [0.2, 0.25) is 5.91 Å². The van der Waals surface area contributed by atoms with Crippen molar-refractivity contribution in [1.82, 2.24) is 4.90 Å². The zero-order valence-electron chi connectivity index (χ0n) is 11.2. The first-order chi connectivity index (χ1) is 7.36. The number of morpholine rings is 1. The standard InChI is InChI=1S/C12H24N2O2.ClH/c1-5-9-8-14(6-7-16-9)11(15)10(13)12(2,3)4;/h9-10H,5-8,13H2,1-4H3;1H/t9?,10-;/m1./s1. The van der Waals surface area contributed by atoms with Crippen LogP contribution in [0.1, 0.15) is 34.1 Å². The zero-order chi connectivity index (χ0) is 12.3. The molecule has 0 radical (unpaired) electrons. The van der Waals surface area contributed by atoms with Gasteiger partial charge in [-0.25, -0.2) is 0 Å². The van der Waals surface area contributed by atoms with E-state index >= 15 is 0 Å². The number of halogens is 1. The Morgan fingerprint density at radius 1 is 1.53 bits per heavy atom. The third kappa shape index (κ3) is 4.45. The lowest BCUT2D eigenvalue weighted by Crippen LogP contribution is -2.55. The van der Waals surface area contributed by atoms with Crippen LogP contribution >= 0.6 is 12.4 Å². The average Bonchev–Trinajstić information content (AvgIpc) is 2.26. The largest absolute Gasteiger partial charge is 0.375 e. The molecule has 1 rings (SSSR count). The quantitative estimate of drug-likeness (QED) is 0.821. The summed E-state index contributed by atoms with van der Waals surface area (Å²) in [5.41, 5.74) is 5.80. The zero-order valence-corrected chi connectivity index (χ0v) is 12.0. The molecule has 1 unspecified atom stereocenters. The second kappa shape index (κ2) is 6.57. The molecule has 102 valence electrons. The second-order valence-electron chi connectivity index (χ2n) is 5.53. The fourth-order valence-corrected chi connectivity index (χ4v) is 1.73. The number of hydrogen-bond acceptors (Lipinski definition) is 3. The maximum Gasteiger partial charge on any atom is 0.240 e. The lowest BCUT2D eigenvalue weighted by Gasteiger charge is -2.37. The van der Waals surface area contributed by atoms with Gasteiger partial charge >= 0.3 is 0 Å². The van der Waals surface area contributed by atoms with Gasteiger partial charge in [-0.3, -0.25) is 4.79 Å². The molecule has 17 heavy (non-hydrogen) atoms. The molecule has 0 aromatic rings. The van der Waals surface area contributed by atoms with Crippen LogP contribution in [-0.2, 0) is 9.53 Å². The summed E-state index contributed by atoms with van der Waals surface area (Å²) in [6.07, 6.45) is 1.11. The minimum atomic E-state index is -0.428. The Labute approximate surface area is 110 Å². The summed E-state index contributed by atoms with van der Waals surface area (Å²) in [4.78, 5) is 14.0. The molecule has 5 heteroatoms. The molecule has 2 N–H and O–H groups in total. The summed E-state index contributed by atoms with van der Waals surface area (Å²) in [5, 5.41) is 0. The number of nitrogens with zero attached hydrogens (tertiary/aromatic N) is 1. The molecule has 1 amide bonds. The monoisotopic (exact) mass is 264 g/mol. The van der Waals surface area contributed by atoms with Crippen molar-refractivity contribution >= 4 is 18.3 Å². The van der Waals surface area contributed by atoms with Gasteiger partial charge in [-0.2, -0.15) is 0 Å². The van der Waals surface area contributed by atoms with Gasteiger partial charge in [-0.15, -0.1) is 12.4 Å². The van der Waals surface area contributed by atoms with Crippen LogP contribution in [0.3, 0.4) is 0 Å². The molecule has 0 aliphatic carbocycles. The van der Waals surface area contributed by atoms with Gasteiger partial charge in [0, 0.05) is 13.1 Å². The van der Waals surface area contributed by atoms with E-state index in [1.165, 1.54) is 0 Å². The van der Waals surface area contributed by atoms with Crippen molar-refractivity contribution in [3.63, 3.8) is 0 Å². The van der Waals surface area contributed by atoms with Gasteiger partial charge in [0.1, 0.15) is 0 Å². The van der Waals surface area contributed by atoms with Crippen molar-refractivity contribution in [3.05, 3.63) is 0 Å². The lowest BCUT2D eigenvalue weighted by molar-refractivity contribution is -0.142. The molecule has 1 heterocycles. The van der Waals surface area contributed by atoms with E-state index in [-0.39, 0.29) is 29.8 Å². The summed E-state index contributed by atoms with van der Waals surface area (Å²) >= 11 is 0. The number of hydrogen-bond donors (Lipinski definition) is 1. The molecule has 1 fully saturated rings. The van der Waals surface area contributed by atoms with Crippen LogP contribution < -0.4 is 5.73 Å². The summed E-state index contributed by atoms with van der Waals surface area (Å²) in [7, 11) is 0. The maximum atomic E-state index is 12.2. The number of carbonyl (C=O) groups excluding carboxylic acids is 1. The van der Waals surface area contributed by atoms with Gasteiger partial charge in [-0.05, 0) is 11.8 Å². The minimum Gasteiger partial charge on any atom is -0.375 e. The normalized spacial score (nSPS) is 22.9. The van der Waals surface area contributed by atoms with Gasteiger partial charge in [-0.1, -0.05) is 27.7 Å². The van der Waals surface area contributed by atoms with E-state index in [2.05, 4.69) is 6.92 Å². The number of ether oxygens (including phenoxy) is 1. The van der Waals surface area contributed by atoms with Crippen molar-refractivity contribution in [1.29, 1.82) is 0 Å². The number of carbonyl (C=O) groups is 1. The first-order valence-corrected chi connectivity index (χ1v) is 6.02. The molecule has 0 spiro atoms. The van der Waals surface area contributed by atoms with E-state index in [9.17, 15) is 4.79 Å². The van der Waals surface area contributed by atoms with Crippen LogP contribution in [-0.4, -0.2) is 42.6 Å². The SMILES string of the molecule is CCC1CN(C(=O)[C@@H](N)C(C)(C)C)CCO1.Cl. The van der Waals surface area contributed by atoms with Crippen LogP contribution in [0, 0.1) is 5.41 Å². The van der Waals surface area contributed by atoms with Crippen molar-refractivity contribution in [2.75, 3.05) is 19.7 Å². The topological polar surface area (TPSA) is 55.6 Å². The Balaban J connectivity index is 0.00000256. The molecule has 1 saturated heterocycles. The van der Waals surface area contributed by atoms with Crippen molar-refractivity contribution in [2.45, 2.75) is 46.3 Å². The van der Waals surface area contributed by atoms with E-state index < -0.39 is 6.04 Å². The Morgan fingerprint density at radius 3 is 2.59 bits per heavy atom. The van der Waals surface area contributed by atoms with E-state index in [1.54, 1.807) is 0 Å². The predicted molar refractivity (Wildman–Crippen MR) is 71.3 cm³/mol. The fraction of sp³-hybridized carbons (Fsp3) is 0.917. The third-order valence-corrected chi connectivity index (χ3v) is 3.10. The number of nitrogens with two attached hydrogens (primary N) is 1. The Morgan fingerprint density at radius 2 is 2.12 bits per heavy atom. The Kier molecular flexibility index (Phi) is 6.45.